The van der Waals surface area contributed by atoms with Gasteiger partial charge >= 0.3 is 0 Å². The molecule has 2 heteroatoms. The van der Waals surface area contributed by atoms with Crippen molar-refractivity contribution in [3.63, 3.8) is 0 Å². The first kappa shape index (κ1) is 13.8. The van der Waals surface area contributed by atoms with E-state index in [-0.39, 0.29) is 0 Å². The average molecular weight is 254 g/mol. The van der Waals surface area contributed by atoms with E-state index in [0.717, 1.165) is 12.8 Å². The molecular weight excluding hydrogens is 232 g/mol. The summed E-state index contributed by atoms with van der Waals surface area (Å²) in [6.07, 6.45) is 6.42. The summed E-state index contributed by atoms with van der Waals surface area (Å²) in [5.41, 5.74) is 2.59. The first-order valence-electron chi connectivity index (χ1n) is 6.99. The first-order chi connectivity index (χ1) is 9.38. The lowest BCUT2D eigenvalue weighted by molar-refractivity contribution is 0.497. The minimum Gasteiger partial charge on any atom is -0.317 e. The van der Waals surface area contributed by atoms with Gasteiger partial charge in [-0.25, -0.2) is 0 Å². The second-order valence-electron chi connectivity index (χ2n) is 4.89. The number of nitrogens with zero attached hydrogens (tertiary/aromatic N) is 1. The lowest BCUT2D eigenvalue weighted by Gasteiger charge is -2.15. The minimum atomic E-state index is 0.513. The van der Waals surface area contributed by atoms with Gasteiger partial charge in [0, 0.05) is 24.4 Å². The molecule has 2 rings (SSSR count). The van der Waals surface area contributed by atoms with Crippen LogP contribution in [0.5, 0.6) is 0 Å². The third-order valence-corrected chi connectivity index (χ3v) is 3.45. The molecule has 0 aliphatic heterocycles. The van der Waals surface area contributed by atoms with Crippen molar-refractivity contribution >= 4 is 0 Å². The number of aromatic nitrogens is 1. The number of nitrogens with one attached hydrogen (secondary N) is 1. The Bertz CT molecular complexity index is 453. The quantitative estimate of drug-likeness (QED) is 0.820. The third-order valence-electron chi connectivity index (χ3n) is 3.45. The molecule has 0 fully saturated rings. The highest BCUT2D eigenvalue weighted by Crippen LogP contribution is 2.09. The summed E-state index contributed by atoms with van der Waals surface area (Å²) in [5.74, 6) is 0. The number of rotatable bonds is 7. The van der Waals surface area contributed by atoms with Gasteiger partial charge < -0.3 is 5.32 Å². The topological polar surface area (TPSA) is 24.9 Å². The normalized spacial score (nSPS) is 12.3. The van der Waals surface area contributed by atoms with E-state index in [1.165, 1.54) is 24.1 Å². The number of hydrogen-bond donors (Lipinski definition) is 1. The first-order valence-corrected chi connectivity index (χ1v) is 6.99. The summed E-state index contributed by atoms with van der Waals surface area (Å²) < 4.78 is 0. The van der Waals surface area contributed by atoms with Gasteiger partial charge in [0.05, 0.1) is 0 Å². The second-order valence-corrected chi connectivity index (χ2v) is 4.89. The third kappa shape index (κ3) is 4.84. The highest BCUT2D eigenvalue weighted by Gasteiger charge is 2.07. The minimum absolute atomic E-state index is 0.513. The summed E-state index contributed by atoms with van der Waals surface area (Å²) in [5, 5.41) is 3.40. The van der Waals surface area contributed by atoms with Crippen molar-refractivity contribution in [2.75, 3.05) is 7.05 Å². The summed E-state index contributed by atoms with van der Waals surface area (Å²) >= 11 is 0. The Morgan fingerprint density at radius 2 is 1.84 bits per heavy atom. The molecule has 0 bridgehead atoms. The number of pyridine rings is 1. The van der Waals surface area contributed by atoms with Crippen molar-refractivity contribution < 1.29 is 0 Å². The van der Waals surface area contributed by atoms with Crippen LogP contribution in [0.25, 0.3) is 0 Å². The summed E-state index contributed by atoms with van der Waals surface area (Å²) in [6.45, 7) is 0. The van der Waals surface area contributed by atoms with E-state index < -0.39 is 0 Å². The summed E-state index contributed by atoms with van der Waals surface area (Å²) in [7, 11) is 2.04. The van der Waals surface area contributed by atoms with Crippen LogP contribution in [-0.4, -0.2) is 18.1 Å². The Labute approximate surface area is 115 Å². The highest BCUT2D eigenvalue weighted by molar-refractivity contribution is 5.14. The maximum Gasteiger partial charge on any atom is 0.0419 e. The van der Waals surface area contributed by atoms with E-state index in [1.54, 1.807) is 0 Å². The molecule has 19 heavy (non-hydrogen) atoms. The van der Waals surface area contributed by atoms with Gasteiger partial charge in [-0.3, -0.25) is 4.98 Å². The molecule has 0 aliphatic carbocycles. The van der Waals surface area contributed by atoms with Gasteiger partial charge in [-0.05, 0) is 44.0 Å². The molecule has 0 amide bonds. The molecule has 0 aliphatic rings. The van der Waals surface area contributed by atoms with Gasteiger partial charge in [-0.15, -0.1) is 0 Å². The largest absolute Gasteiger partial charge is 0.317 e. The van der Waals surface area contributed by atoms with Gasteiger partial charge in [0.1, 0.15) is 0 Å². The molecule has 0 spiro atoms. The van der Waals surface area contributed by atoms with Crippen LogP contribution in [0.15, 0.2) is 54.7 Å². The molecule has 2 aromatic rings. The smallest absolute Gasteiger partial charge is 0.0419 e. The predicted molar refractivity (Wildman–Crippen MR) is 80.2 cm³/mol. The zero-order chi connectivity index (χ0) is 13.3. The number of benzene rings is 1. The summed E-state index contributed by atoms with van der Waals surface area (Å²) in [4.78, 5) is 4.39. The monoisotopic (exact) mass is 254 g/mol. The van der Waals surface area contributed by atoms with Crippen LogP contribution in [0, 0.1) is 0 Å². The number of likely N-dealkylation sites (N-methyl/N-ethyl adjacent to an activating group) is 1. The molecule has 1 unspecified atom stereocenters. The maximum atomic E-state index is 4.39. The van der Waals surface area contributed by atoms with E-state index in [4.69, 9.17) is 0 Å². The van der Waals surface area contributed by atoms with Crippen molar-refractivity contribution in [3.8, 4) is 0 Å². The van der Waals surface area contributed by atoms with Crippen LogP contribution in [0.2, 0.25) is 0 Å². The fourth-order valence-electron chi connectivity index (χ4n) is 2.32. The van der Waals surface area contributed by atoms with Crippen LogP contribution >= 0.6 is 0 Å². The SMILES string of the molecule is CNC(CCCc1ccccc1)Cc1ccccn1. The molecule has 100 valence electrons. The highest BCUT2D eigenvalue weighted by atomic mass is 14.9. The molecule has 0 saturated carbocycles. The van der Waals surface area contributed by atoms with E-state index in [0.29, 0.717) is 6.04 Å². The molecule has 1 atom stereocenters. The Kier molecular flexibility index (Phi) is 5.57. The zero-order valence-electron chi connectivity index (χ0n) is 11.5. The van der Waals surface area contributed by atoms with E-state index in [9.17, 15) is 0 Å². The molecule has 1 aromatic heterocycles. The Balaban J connectivity index is 1.77. The molecular formula is C17H22N2. The molecule has 2 nitrogen and oxygen atoms in total. The Morgan fingerprint density at radius 3 is 2.53 bits per heavy atom. The van der Waals surface area contributed by atoms with Crippen molar-refractivity contribution in [1.82, 2.24) is 10.3 Å². The van der Waals surface area contributed by atoms with Crippen LogP contribution in [0.3, 0.4) is 0 Å². The van der Waals surface area contributed by atoms with Gasteiger partial charge in [-0.1, -0.05) is 36.4 Å². The van der Waals surface area contributed by atoms with Crippen LogP contribution in [0.1, 0.15) is 24.1 Å². The fraction of sp³-hybridized carbons (Fsp3) is 0.353. The van der Waals surface area contributed by atoms with Gasteiger partial charge in [0.25, 0.3) is 0 Å². The van der Waals surface area contributed by atoms with E-state index in [2.05, 4.69) is 52.8 Å². The molecule has 1 heterocycles. The number of hydrogen-bond acceptors (Lipinski definition) is 2. The lowest BCUT2D eigenvalue weighted by atomic mass is 10.0. The summed E-state index contributed by atoms with van der Waals surface area (Å²) in [6, 6.07) is 17.3. The second kappa shape index (κ2) is 7.70. The Hall–Kier alpha value is -1.67. The molecule has 1 aromatic carbocycles. The van der Waals surface area contributed by atoms with Gasteiger partial charge in [0.2, 0.25) is 0 Å². The van der Waals surface area contributed by atoms with Crippen molar-refractivity contribution in [2.45, 2.75) is 31.7 Å². The van der Waals surface area contributed by atoms with Crippen molar-refractivity contribution in [3.05, 3.63) is 66.0 Å². The van der Waals surface area contributed by atoms with Crippen molar-refractivity contribution in [2.24, 2.45) is 0 Å². The van der Waals surface area contributed by atoms with Gasteiger partial charge in [-0.2, -0.15) is 0 Å². The lowest BCUT2D eigenvalue weighted by Crippen LogP contribution is -2.28. The van der Waals surface area contributed by atoms with Crippen LogP contribution in [-0.2, 0) is 12.8 Å². The molecule has 0 radical (unpaired) electrons. The zero-order valence-corrected chi connectivity index (χ0v) is 11.5. The number of aryl methyl sites for hydroxylation is 1. The van der Waals surface area contributed by atoms with E-state index in [1.807, 2.05) is 19.3 Å². The van der Waals surface area contributed by atoms with Crippen LogP contribution in [0.4, 0.5) is 0 Å². The van der Waals surface area contributed by atoms with Crippen molar-refractivity contribution in [1.29, 1.82) is 0 Å². The standard InChI is InChI=1S/C17H22N2/c1-18-16(14-17-11-5-6-13-19-17)12-7-10-15-8-3-2-4-9-15/h2-6,8-9,11,13,16,18H,7,10,12,14H2,1H3. The van der Waals surface area contributed by atoms with Gasteiger partial charge in [0.15, 0.2) is 0 Å². The Morgan fingerprint density at radius 1 is 1.05 bits per heavy atom. The molecule has 0 saturated heterocycles. The maximum absolute atomic E-state index is 4.39. The van der Waals surface area contributed by atoms with E-state index >= 15 is 0 Å². The predicted octanol–water partition coefficient (Wildman–Crippen LogP) is 3.24. The molecule has 1 N–H and O–H groups in total. The fourth-order valence-corrected chi connectivity index (χ4v) is 2.32. The van der Waals surface area contributed by atoms with Crippen LogP contribution < -0.4 is 5.32 Å². The average Bonchev–Trinajstić information content (AvgIpc) is 2.48.